The summed E-state index contributed by atoms with van der Waals surface area (Å²) < 4.78 is 15.6. The van der Waals surface area contributed by atoms with E-state index in [4.69, 9.17) is 19.0 Å². The van der Waals surface area contributed by atoms with Crippen LogP contribution in [0.4, 0.5) is 0 Å². The number of aliphatic carboxylic acids is 1. The van der Waals surface area contributed by atoms with Crippen LogP contribution >= 0.6 is 0 Å². The van der Waals surface area contributed by atoms with Gasteiger partial charge in [0.05, 0.1) is 13.2 Å². The van der Waals surface area contributed by atoms with Gasteiger partial charge < -0.3 is 24.3 Å². The van der Waals surface area contributed by atoms with Gasteiger partial charge in [0, 0.05) is 5.56 Å². The number of carboxylic acid groups (broad SMARTS) is 1. The smallest absolute Gasteiger partial charge is 0.341 e. The quantitative estimate of drug-likeness (QED) is 0.757. The number of aryl methyl sites for hydroxylation is 1. The van der Waals surface area contributed by atoms with E-state index < -0.39 is 12.6 Å². The molecule has 0 saturated heterocycles. The first-order valence-electron chi connectivity index (χ1n) is 7.29. The van der Waals surface area contributed by atoms with Gasteiger partial charge in [-0.1, -0.05) is 0 Å². The molecule has 0 bridgehead atoms. The highest BCUT2D eigenvalue weighted by molar-refractivity contribution is 5.94. The van der Waals surface area contributed by atoms with Crippen molar-refractivity contribution in [3.63, 3.8) is 0 Å². The Morgan fingerprint density at radius 3 is 2.71 bits per heavy atom. The van der Waals surface area contributed by atoms with E-state index in [-0.39, 0.29) is 18.2 Å². The fraction of sp³-hybridized carbons (Fsp3) is 0.312. The number of carbonyl (C=O) groups is 2. The van der Waals surface area contributed by atoms with Crippen LogP contribution in [-0.2, 0) is 11.3 Å². The summed E-state index contributed by atoms with van der Waals surface area (Å²) in [6.45, 7) is 3.64. The molecule has 0 aliphatic carbocycles. The molecule has 2 rings (SSSR count). The Morgan fingerprint density at radius 1 is 1.29 bits per heavy atom. The third-order valence-corrected chi connectivity index (χ3v) is 3.12. The zero-order valence-corrected chi connectivity index (χ0v) is 13.4. The first kappa shape index (κ1) is 17.3. The molecule has 2 N–H and O–H groups in total. The van der Waals surface area contributed by atoms with Gasteiger partial charge in [0.2, 0.25) is 0 Å². The van der Waals surface area contributed by atoms with E-state index in [1.165, 1.54) is 24.6 Å². The van der Waals surface area contributed by atoms with Crippen LogP contribution < -0.4 is 14.8 Å². The molecule has 24 heavy (non-hydrogen) atoms. The highest BCUT2D eigenvalue weighted by Crippen LogP contribution is 2.28. The van der Waals surface area contributed by atoms with Gasteiger partial charge in [0.15, 0.2) is 24.5 Å². The molecule has 0 radical (unpaired) electrons. The number of oxazole rings is 1. The Labute approximate surface area is 138 Å². The number of rotatable bonds is 8. The Balaban J connectivity index is 2.08. The molecule has 1 amide bonds. The Hall–Kier alpha value is -3.03. The molecule has 8 heteroatoms. The number of ether oxygens (including phenoxy) is 2. The SMILES string of the molecule is CCOc1cc(C(=O)NCc2ncoc2C)ccc1OCC(=O)O. The summed E-state index contributed by atoms with van der Waals surface area (Å²) >= 11 is 0. The van der Waals surface area contributed by atoms with E-state index in [9.17, 15) is 9.59 Å². The van der Waals surface area contributed by atoms with Crippen LogP contribution in [0.5, 0.6) is 11.5 Å². The van der Waals surface area contributed by atoms with Gasteiger partial charge in [-0.25, -0.2) is 9.78 Å². The van der Waals surface area contributed by atoms with Crippen molar-refractivity contribution >= 4 is 11.9 Å². The lowest BCUT2D eigenvalue weighted by Gasteiger charge is -2.12. The van der Waals surface area contributed by atoms with Gasteiger partial charge in [-0.05, 0) is 32.0 Å². The third kappa shape index (κ3) is 4.48. The van der Waals surface area contributed by atoms with E-state index in [1.54, 1.807) is 13.8 Å². The number of amides is 1. The lowest BCUT2D eigenvalue weighted by Crippen LogP contribution is -2.23. The van der Waals surface area contributed by atoms with Crippen molar-refractivity contribution in [3.8, 4) is 11.5 Å². The average Bonchev–Trinajstić information content (AvgIpc) is 2.96. The summed E-state index contributed by atoms with van der Waals surface area (Å²) in [7, 11) is 0. The van der Waals surface area contributed by atoms with Gasteiger partial charge >= 0.3 is 5.97 Å². The predicted octanol–water partition coefficient (Wildman–Crippen LogP) is 1.78. The predicted molar refractivity (Wildman–Crippen MR) is 83.2 cm³/mol. The van der Waals surface area contributed by atoms with E-state index in [1.807, 2.05) is 0 Å². The largest absolute Gasteiger partial charge is 0.490 e. The summed E-state index contributed by atoms with van der Waals surface area (Å²) in [5, 5.41) is 11.4. The number of benzene rings is 1. The van der Waals surface area contributed by atoms with Gasteiger partial charge in [-0.2, -0.15) is 0 Å². The summed E-state index contributed by atoms with van der Waals surface area (Å²) in [6, 6.07) is 4.54. The van der Waals surface area contributed by atoms with Crippen molar-refractivity contribution in [3.05, 3.63) is 41.6 Å². The fourth-order valence-electron chi connectivity index (χ4n) is 1.94. The summed E-state index contributed by atoms with van der Waals surface area (Å²) in [4.78, 5) is 26.8. The summed E-state index contributed by atoms with van der Waals surface area (Å²) in [6.07, 6.45) is 1.32. The number of nitrogens with one attached hydrogen (secondary N) is 1. The van der Waals surface area contributed by atoms with Crippen LogP contribution in [-0.4, -0.2) is 35.2 Å². The van der Waals surface area contributed by atoms with Crippen molar-refractivity contribution in [2.24, 2.45) is 0 Å². The molecular formula is C16H18N2O6. The number of carbonyl (C=O) groups excluding carboxylic acids is 1. The first-order chi connectivity index (χ1) is 11.5. The van der Waals surface area contributed by atoms with Gasteiger partial charge in [0.1, 0.15) is 11.5 Å². The molecule has 8 nitrogen and oxygen atoms in total. The number of aromatic nitrogens is 1. The van der Waals surface area contributed by atoms with Crippen molar-refractivity contribution in [1.82, 2.24) is 10.3 Å². The van der Waals surface area contributed by atoms with Crippen molar-refractivity contribution < 1.29 is 28.6 Å². The molecular weight excluding hydrogens is 316 g/mol. The molecule has 0 atom stereocenters. The maximum atomic E-state index is 12.2. The second-order valence-electron chi connectivity index (χ2n) is 4.81. The van der Waals surface area contributed by atoms with E-state index in [0.29, 0.717) is 29.4 Å². The van der Waals surface area contributed by atoms with Crippen molar-refractivity contribution in [2.75, 3.05) is 13.2 Å². The zero-order valence-electron chi connectivity index (χ0n) is 13.4. The van der Waals surface area contributed by atoms with E-state index >= 15 is 0 Å². The second kappa shape index (κ2) is 8.00. The zero-order chi connectivity index (χ0) is 17.5. The third-order valence-electron chi connectivity index (χ3n) is 3.12. The maximum Gasteiger partial charge on any atom is 0.341 e. The monoisotopic (exact) mass is 334 g/mol. The normalized spacial score (nSPS) is 10.2. The minimum absolute atomic E-state index is 0.238. The van der Waals surface area contributed by atoms with Gasteiger partial charge in [-0.15, -0.1) is 0 Å². The molecule has 0 aliphatic heterocycles. The number of hydrogen-bond acceptors (Lipinski definition) is 6. The van der Waals surface area contributed by atoms with Gasteiger partial charge in [0.25, 0.3) is 5.91 Å². The number of nitrogens with zero attached hydrogens (tertiary/aromatic N) is 1. The van der Waals surface area contributed by atoms with Gasteiger partial charge in [-0.3, -0.25) is 4.79 Å². The van der Waals surface area contributed by atoms with Crippen LogP contribution in [0.3, 0.4) is 0 Å². The lowest BCUT2D eigenvalue weighted by molar-refractivity contribution is -0.139. The number of carboxylic acids is 1. The standard InChI is InChI=1S/C16H18N2O6/c1-3-22-14-6-11(4-5-13(14)23-8-15(19)20)16(21)17-7-12-10(2)24-9-18-12/h4-6,9H,3,7-8H2,1-2H3,(H,17,21)(H,19,20). The van der Waals surface area contributed by atoms with Crippen molar-refractivity contribution in [1.29, 1.82) is 0 Å². The fourth-order valence-corrected chi connectivity index (χ4v) is 1.94. The number of hydrogen-bond donors (Lipinski definition) is 2. The Morgan fingerprint density at radius 2 is 2.08 bits per heavy atom. The Kier molecular flexibility index (Phi) is 5.78. The molecule has 0 saturated carbocycles. The molecule has 0 spiro atoms. The first-order valence-corrected chi connectivity index (χ1v) is 7.29. The highest BCUT2D eigenvalue weighted by atomic mass is 16.5. The maximum absolute atomic E-state index is 12.2. The second-order valence-corrected chi connectivity index (χ2v) is 4.81. The van der Waals surface area contributed by atoms with E-state index in [0.717, 1.165) is 0 Å². The van der Waals surface area contributed by atoms with Crippen LogP contribution in [0.15, 0.2) is 29.0 Å². The molecule has 1 heterocycles. The minimum Gasteiger partial charge on any atom is -0.490 e. The Bertz CT molecular complexity index is 725. The molecule has 0 fully saturated rings. The molecule has 1 aromatic carbocycles. The molecule has 0 unspecified atom stereocenters. The average molecular weight is 334 g/mol. The lowest BCUT2D eigenvalue weighted by atomic mass is 10.2. The van der Waals surface area contributed by atoms with Crippen LogP contribution in [0, 0.1) is 6.92 Å². The van der Waals surface area contributed by atoms with Crippen molar-refractivity contribution in [2.45, 2.75) is 20.4 Å². The molecule has 128 valence electrons. The topological polar surface area (TPSA) is 111 Å². The van der Waals surface area contributed by atoms with Crippen LogP contribution in [0.2, 0.25) is 0 Å². The molecule has 1 aromatic heterocycles. The van der Waals surface area contributed by atoms with Crippen LogP contribution in [0.25, 0.3) is 0 Å². The highest BCUT2D eigenvalue weighted by Gasteiger charge is 2.13. The molecule has 0 aliphatic rings. The van der Waals surface area contributed by atoms with E-state index in [2.05, 4.69) is 10.3 Å². The minimum atomic E-state index is -1.10. The molecule has 2 aromatic rings. The van der Waals surface area contributed by atoms with Crippen LogP contribution in [0.1, 0.15) is 28.7 Å². The summed E-state index contributed by atoms with van der Waals surface area (Å²) in [5.41, 5.74) is 1.01. The summed E-state index contributed by atoms with van der Waals surface area (Å²) in [5.74, 6) is -0.194.